The molecule has 2 aromatic carbocycles. The number of amides is 1. The van der Waals surface area contributed by atoms with E-state index in [1.54, 1.807) is 17.6 Å². The Morgan fingerprint density at radius 1 is 0.865 bits per heavy atom. The molecule has 2 aromatic heterocycles. The van der Waals surface area contributed by atoms with Crippen molar-refractivity contribution in [3.8, 4) is 5.69 Å². The summed E-state index contributed by atoms with van der Waals surface area (Å²) in [5.74, 6) is 0. The first-order chi connectivity index (χ1) is 18.2. The summed E-state index contributed by atoms with van der Waals surface area (Å²) in [7, 11) is 0. The SMILES string of the molecule is O=C1OCCN1c1cccc(CCN2CCN(CCCc3c[nH]c4ccc(-n5cnnc5)cc34)CC2)c1. The Morgan fingerprint density at radius 3 is 2.46 bits per heavy atom. The summed E-state index contributed by atoms with van der Waals surface area (Å²) in [5.41, 5.74) is 5.83. The molecule has 6 rings (SSSR count). The van der Waals surface area contributed by atoms with E-state index in [-0.39, 0.29) is 6.09 Å². The van der Waals surface area contributed by atoms with Gasteiger partial charge in [-0.2, -0.15) is 0 Å². The van der Waals surface area contributed by atoms with Gasteiger partial charge >= 0.3 is 6.09 Å². The minimum Gasteiger partial charge on any atom is -0.447 e. The van der Waals surface area contributed by atoms with Crippen molar-refractivity contribution in [3.63, 3.8) is 0 Å². The van der Waals surface area contributed by atoms with Crippen LogP contribution in [0.5, 0.6) is 0 Å². The zero-order valence-electron chi connectivity index (χ0n) is 21.1. The number of hydrogen-bond donors (Lipinski definition) is 1. The molecule has 0 bridgehead atoms. The first-order valence-corrected chi connectivity index (χ1v) is 13.2. The number of H-pyrrole nitrogens is 1. The van der Waals surface area contributed by atoms with E-state index in [9.17, 15) is 4.79 Å². The number of carbonyl (C=O) groups excluding carboxylic acids is 1. The summed E-state index contributed by atoms with van der Waals surface area (Å²) in [6.07, 6.45) is 8.58. The molecule has 9 heteroatoms. The number of benzene rings is 2. The molecule has 2 aliphatic heterocycles. The number of carbonyl (C=O) groups is 1. The Labute approximate surface area is 216 Å². The molecule has 0 atom stereocenters. The third-order valence-corrected chi connectivity index (χ3v) is 7.55. The second kappa shape index (κ2) is 10.7. The first kappa shape index (κ1) is 23.7. The summed E-state index contributed by atoms with van der Waals surface area (Å²) in [6, 6.07) is 14.7. The predicted molar refractivity (Wildman–Crippen MR) is 143 cm³/mol. The van der Waals surface area contributed by atoms with Crippen LogP contribution in [0.2, 0.25) is 0 Å². The maximum Gasteiger partial charge on any atom is 0.414 e. The molecule has 4 aromatic rings. The van der Waals surface area contributed by atoms with E-state index in [0.717, 1.165) is 69.9 Å². The van der Waals surface area contributed by atoms with Crippen molar-refractivity contribution >= 4 is 22.7 Å². The van der Waals surface area contributed by atoms with Crippen molar-refractivity contribution in [3.05, 3.63) is 72.4 Å². The second-order valence-electron chi connectivity index (χ2n) is 9.89. The van der Waals surface area contributed by atoms with Gasteiger partial charge in [0, 0.05) is 61.2 Å². The summed E-state index contributed by atoms with van der Waals surface area (Å²) < 4.78 is 7.02. The van der Waals surface area contributed by atoms with Gasteiger partial charge in [0.2, 0.25) is 0 Å². The maximum atomic E-state index is 11.9. The molecule has 0 unspecified atom stereocenters. The minimum atomic E-state index is -0.241. The number of anilines is 1. The summed E-state index contributed by atoms with van der Waals surface area (Å²) in [6.45, 7) is 7.72. The van der Waals surface area contributed by atoms with Crippen molar-refractivity contribution in [2.24, 2.45) is 0 Å². The molecule has 9 nitrogen and oxygen atoms in total. The van der Waals surface area contributed by atoms with Crippen LogP contribution in [0.15, 0.2) is 61.3 Å². The number of aromatic amines is 1. The predicted octanol–water partition coefficient (Wildman–Crippen LogP) is 3.50. The van der Waals surface area contributed by atoms with E-state index in [0.29, 0.717) is 13.2 Å². The average Bonchev–Trinajstić information content (AvgIpc) is 3.70. The fourth-order valence-corrected chi connectivity index (χ4v) is 5.39. The molecule has 37 heavy (non-hydrogen) atoms. The van der Waals surface area contributed by atoms with Gasteiger partial charge in [0.15, 0.2) is 0 Å². The van der Waals surface area contributed by atoms with Crippen molar-refractivity contribution in [2.75, 3.05) is 57.3 Å². The highest BCUT2D eigenvalue weighted by Gasteiger charge is 2.23. The number of ether oxygens (including phenoxy) is 1. The van der Waals surface area contributed by atoms with Crippen LogP contribution in [0.25, 0.3) is 16.6 Å². The Morgan fingerprint density at radius 2 is 1.68 bits per heavy atom. The number of hydrogen-bond acceptors (Lipinski definition) is 6. The van der Waals surface area contributed by atoms with Crippen molar-refractivity contribution in [2.45, 2.75) is 19.3 Å². The van der Waals surface area contributed by atoms with Gasteiger partial charge < -0.3 is 19.5 Å². The lowest BCUT2D eigenvalue weighted by molar-refractivity contribution is 0.132. The van der Waals surface area contributed by atoms with Crippen LogP contribution in [0.1, 0.15) is 17.5 Å². The van der Waals surface area contributed by atoms with Crippen LogP contribution < -0.4 is 4.90 Å². The summed E-state index contributed by atoms with van der Waals surface area (Å²) in [5, 5.41) is 9.12. The zero-order chi connectivity index (χ0) is 25.0. The first-order valence-electron chi connectivity index (χ1n) is 13.2. The Hall–Kier alpha value is -3.69. The number of aromatic nitrogens is 4. The van der Waals surface area contributed by atoms with Gasteiger partial charge in [-0.3, -0.25) is 9.47 Å². The quantitative estimate of drug-likeness (QED) is 0.380. The molecule has 0 radical (unpaired) electrons. The van der Waals surface area contributed by atoms with Gasteiger partial charge in [-0.15, -0.1) is 10.2 Å². The number of rotatable bonds is 9. The molecule has 2 fully saturated rings. The molecule has 2 saturated heterocycles. The number of fused-ring (bicyclic) bond motifs is 1. The van der Waals surface area contributed by atoms with Crippen LogP contribution in [0, 0.1) is 0 Å². The molecule has 0 spiro atoms. The summed E-state index contributed by atoms with van der Waals surface area (Å²) in [4.78, 5) is 22.1. The number of nitrogens with zero attached hydrogens (tertiary/aromatic N) is 6. The molecule has 0 aliphatic carbocycles. The van der Waals surface area contributed by atoms with E-state index < -0.39 is 0 Å². The van der Waals surface area contributed by atoms with E-state index in [2.05, 4.69) is 61.5 Å². The van der Waals surface area contributed by atoms with Gasteiger partial charge in [-0.1, -0.05) is 12.1 Å². The normalized spacial score (nSPS) is 17.1. The third-order valence-electron chi connectivity index (χ3n) is 7.55. The molecule has 192 valence electrons. The average molecular weight is 500 g/mol. The Kier molecular flexibility index (Phi) is 6.88. The minimum absolute atomic E-state index is 0.241. The zero-order valence-corrected chi connectivity index (χ0v) is 21.1. The van der Waals surface area contributed by atoms with Crippen LogP contribution in [0.4, 0.5) is 10.5 Å². The molecular weight excluding hydrogens is 466 g/mol. The number of cyclic esters (lactones) is 1. The van der Waals surface area contributed by atoms with Gasteiger partial charge in [0.25, 0.3) is 0 Å². The van der Waals surface area contributed by atoms with Gasteiger partial charge in [-0.05, 0) is 67.3 Å². The molecule has 4 heterocycles. The van der Waals surface area contributed by atoms with Gasteiger partial charge in [0.1, 0.15) is 19.3 Å². The number of aryl methyl sites for hydroxylation is 1. The lowest BCUT2D eigenvalue weighted by atomic mass is 10.1. The van der Waals surface area contributed by atoms with Crippen molar-refractivity contribution in [1.29, 1.82) is 0 Å². The molecule has 2 aliphatic rings. The van der Waals surface area contributed by atoms with Gasteiger partial charge in [0.05, 0.1) is 6.54 Å². The standard InChI is InChI=1S/C28H33N7O2/c36-28-35(15-16-37-28)25-5-1-3-22(17-25)8-10-33-13-11-32(12-14-33)9-2-4-23-19-29-27-7-6-24(18-26(23)27)34-20-30-31-21-34/h1,3,5-7,17-21,29H,2,4,8-16H2. The topological polar surface area (TPSA) is 82.5 Å². The monoisotopic (exact) mass is 499 g/mol. The van der Waals surface area contributed by atoms with Crippen molar-refractivity contribution in [1.82, 2.24) is 29.5 Å². The number of piperazine rings is 1. The summed E-state index contributed by atoms with van der Waals surface area (Å²) >= 11 is 0. The van der Waals surface area contributed by atoms with E-state index in [4.69, 9.17) is 4.74 Å². The highest BCUT2D eigenvalue weighted by atomic mass is 16.6. The van der Waals surface area contributed by atoms with Gasteiger partial charge in [-0.25, -0.2) is 4.79 Å². The molecular formula is C28H33N7O2. The van der Waals surface area contributed by atoms with Crippen LogP contribution >= 0.6 is 0 Å². The molecule has 1 amide bonds. The highest BCUT2D eigenvalue weighted by Crippen LogP contribution is 2.23. The van der Waals surface area contributed by atoms with Crippen molar-refractivity contribution < 1.29 is 9.53 Å². The lowest BCUT2D eigenvalue weighted by Gasteiger charge is -2.34. The Bertz CT molecular complexity index is 1340. The third kappa shape index (κ3) is 5.38. The Balaban J connectivity index is 0.955. The highest BCUT2D eigenvalue weighted by molar-refractivity contribution is 5.89. The fraction of sp³-hybridized carbons (Fsp3) is 0.393. The maximum absolute atomic E-state index is 11.9. The second-order valence-corrected chi connectivity index (χ2v) is 9.89. The largest absolute Gasteiger partial charge is 0.447 e. The van der Waals surface area contributed by atoms with Crippen LogP contribution in [0.3, 0.4) is 0 Å². The lowest BCUT2D eigenvalue weighted by Crippen LogP contribution is -2.47. The smallest absolute Gasteiger partial charge is 0.414 e. The van der Waals surface area contributed by atoms with E-state index in [1.165, 1.54) is 22.0 Å². The fourth-order valence-electron chi connectivity index (χ4n) is 5.39. The number of nitrogens with one attached hydrogen (secondary N) is 1. The van der Waals surface area contributed by atoms with Crippen LogP contribution in [-0.2, 0) is 17.6 Å². The van der Waals surface area contributed by atoms with Crippen LogP contribution in [-0.4, -0.2) is 88.1 Å². The molecule has 0 saturated carbocycles. The van der Waals surface area contributed by atoms with E-state index in [1.807, 2.05) is 16.7 Å². The van der Waals surface area contributed by atoms with E-state index >= 15 is 0 Å². The molecule has 1 N–H and O–H groups in total.